The Morgan fingerprint density at radius 2 is 2.17 bits per heavy atom. The fourth-order valence-electron chi connectivity index (χ4n) is 2.35. The highest BCUT2D eigenvalue weighted by Gasteiger charge is 2.27. The van der Waals surface area contributed by atoms with E-state index in [1.807, 2.05) is 29.8 Å². The van der Waals surface area contributed by atoms with Crippen LogP contribution < -0.4 is 0 Å². The molecule has 1 aliphatic heterocycles. The summed E-state index contributed by atoms with van der Waals surface area (Å²) < 4.78 is 13.7. The normalized spacial score (nSPS) is 19.7. The molecule has 0 saturated carbocycles. The first-order valence-electron chi connectivity index (χ1n) is 6.18. The van der Waals surface area contributed by atoms with Gasteiger partial charge in [0.05, 0.1) is 16.8 Å². The lowest BCUT2D eigenvalue weighted by Gasteiger charge is -2.11. The standard InChI is InChI=1S/C13H15N3OS/c1-2-18(17)13-14-12-9-8-11(16(12)15-13)10-6-4-3-5-7-10/h3-7,11H,2,8-9H2,1H3/t11-,18-/m0/s1. The van der Waals surface area contributed by atoms with Crippen molar-refractivity contribution in [3.63, 3.8) is 0 Å². The molecule has 0 N–H and O–H groups in total. The van der Waals surface area contributed by atoms with E-state index in [0.717, 1.165) is 18.7 Å². The quantitative estimate of drug-likeness (QED) is 0.848. The molecule has 0 spiro atoms. The van der Waals surface area contributed by atoms with Crippen molar-refractivity contribution >= 4 is 10.8 Å². The number of hydrogen-bond donors (Lipinski definition) is 0. The molecule has 0 bridgehead atoms. The Bertz CT molecular complexity index is 579. The molecule has 0 amide bonds. The SMILES string of the molecule is CC[S@](=O)c1nc2n(n1)[C@H](c1ccccc1)CC2. The third kappa shape index (κ3) is 1.88. The molecule has 0 unspecified atom stereocenters. The van der Waals surface area contributed by atoms with E-state index in [1.165, 1.54) is 5.56 Å². The average molecular weight is 261 g/mol. The Balaban J connectivity index is 1.97. The summed E-state index contributed by atoms with van der Waals surface area (Å²) in [6, 6.07) is 10.6. The van der Waals surface area contributed by atoms with Gasteiger partial charge in [0.1, 0.15) is 5.82 Å². The van der Waals surface area contributed by atoms with Gasteiger partial charge in [0.2, 0.25) is 5.16 Å². The highest BCUT2D eigenvalue weighted by atomic mass is 32.2. The van der Waals surface area contributed by atoms with Gasteiger partial charge in [-0.05, 0) is 12.0 Å². The van der Waals surface area contributed by atoms with E-state index < -0.39 is 10.8 Å². The lowest BCUT2D eigenvalue weighted by atomic mass is 10.1. The molecule has 2 aromatic rings. The summed E-state index contributed by atoms with van der Waals surface area (Å²) in [4.78, 5) is 4.39. The minimum atomic E-state index is -1.06. The van der Waals surface area contributed by atoms with Crippen LogP contribution in [0.4, 0.5) is 0 Å². The molecule has 4 nitrogen and oxygen atoms in total. The number of aromatic nitrogens is 3. The molecular formula is C13H15N3OS. The fourth-order valence-corrected chi connectivity index (χ4v) is 3.00. The summed E-state index contributed by atoms with van der Waals surface area (Å²) >= 11 is 0. The van der Waals surface area contributed by atoms with Gasteiger partial charge in [0.15, 0.2) is 0 Å². The third-order valence-electron chi connectivity index (χ3n) is 3.27. The number of benzene rings is 1. The van der Waals surface area contributed by atoms with Crippen LogP contribution in [0.3, 0.4) is 0 Å². The van der Waals surface area contributed by atoms with Gasteiger partial charge in [-0.2, -0.15) is 0 Å². The van der Waals surface area contributed by atoms with Crippen LogP contribution in [0.2, 0.25) is 0 Å². The first-order chi connectivity index (χ1) is 8.79. The summed E-state index contributed by atoms with van der Waals surface area (Å²) in [5.41, 5.74) is 1.25. The number of nitrogens with zero attached hydrogens (tertiary/aromatic N) is 3. The fraction of sp³-hybridized carbons (Fsp3) is 0.385. The second-order valence-electron chi connectivity index (χ2n) is 4.35. The lowest BCUT2D eigenvalue weighted by Crippen LogP contribution is -2.08. The lowest BCUT2D eigenvalue weighted by molar-refractivity contribution is 0.540. The first-order valence-corrected chi connectivity index (χ1v) is 7.50. The molecule has 2 atom stereocenters. The summed E-state index contributed by atoms with van der Waals surface area (Å²) in [6.07, 6.45) is 1.94. The molecule has 0 radical (unpaired) electrons. The van der Waals surface area contributed by atoms with Gasteiger partial charge in [-0.1, -0.05) is 37.3 Å². The topological polar surface area (TPSA) is 47.8 Å². The minimum Gasteiger partial charge on any atom is -0.251 e. The molecule has 5 heteroatoms. The highest BCUT2D eigenvalue weighted by molar-refractivity contribution is 7.84. The van der Waals surface area contributed by atoms with Crippen molar-refractivity contribution in [2.75, 3.05) is 5.75 Å². The molecule has 1 aromatic heterocycles. The smallest absolute Gasteiger partial charge is 0.239 e. The molecule has 3 rings (SSSR count). The average Bonchev–Trinajstić information content (AvgIpc) is 2.98. The maximum absolute atomic E-state index is 11.7. The Kier molecular flexibility index (Phi) is 2.99. The van der Waals surface area contributed by atoms with Crippen LogP contribution in [-0.4, -0.2) is 24.7 Å². The maximum Gasteiger partial charge on any atom is 0.239 e. The molecule has 0 saturated heterocycles. The Labute approximate surface area is 109 Å². The summed E-state index contributed by atoms with van der Waals surface area (Å²) in [5.74, 6) is 1.53. The van der Waals surface area contributed by atoms with Crippen LogP contribution in [0, 0.1) is 0 Å². The van der Waals surface area contributed by atoms with Crippen LogP contribution in [0.15, 0.2) is 35.5 Å². The van der Waals surface area contributed by atoms with Gasteiger partial charge in [-0.3, -0.25) is 4.21 Å². The van der Waals surface area contributed by atoms with Crippen LogP contribution in [-0.2, 0) is 17.2 Å². The van der Waals surface area contributed by atoms with E-state index in [0.29, 0.717) is 10.9 Å². The second-order valence-corrected chi connectivity index (χ2v) is 5.99. The van der Waals surface area contributed by atoms with Crippen molar-refractivity contribution < 1.29 is 4.21 Å². The molecule has 18 heavy (non-hydrogen) atoms. The molecular weight excluding hydrogens is 246 g/mol. The molecule has 1 aliphatic rings. The number of rotatable bonds is 3. The van der Waals surface area contributed by atoms with Crippen molar-refractivity contribution in [1.29, 1.82) is 0 Å². The van der Waals surface area contributed by atoms with Crippen LogP contribution in [0.25, 0.3) is 0 Å². The van der Waals surface area contributed by atoms with Crippen molar-refractivity contribution in [3.8, 4) is 0 Å². The largest absolute Gasteiger partial charge is 0.251 e. The van der Waals surface area contributed by atoms with E-state index in [4.69, 9.17) is 0 Å². The number of hydrogen-bond acceptors (Lipinski definition) is 3. The Hall–Kier alpha value is -1.49. The molecule has 0 aliphatic carbocycles. The van der Waals surface area contributed by atoms with E-state index in [9.17, 15) is 4.21 Å². The van der Waals surface area contributed by atoms with E-state index in [-0.39, 0.29) is 6.04 Å². The van der Waals surface area contributed by atoms with Crippen LogP contribution >= 0.6 is 0 Å². The zero-order valence-corrected chi connectivity index (χ0v) is 11.1. The minimum absolute atomic E-state index is 0.247. The van der Waals surface area contributed by atoms with Crippen molar-refractivity contribution in [1.82, 2.24) is 14.8 Å². The van der Waals surface area contributed by atoms with Crippen molar-refractivity contribution in [2.24, 2.45) is 0 Å². The first kappa shape index (κ1) is 11.6. The maximum atomic E-state index is 11.7. The van der Waals surface area contributed by atoms with Gasteiger partial charge in [-0.25, -0.2) is 9.67 Å². The van der Waals surface area contributed by atoms with Gasteiger partial charge >= 0.3 is 0 Å². The van der Waals surface area contributed by atoms with E-state index >= 15 is 0 Å². The monoisotopic (exact) mass is 261 g/mol. The Morgan fingerprint density at radius 3 is 2.89 bits per heavy atom. The highest BCUT2D eigenvalue weighted by Crippen LogP contribution is 2.30. The summed E-state index contributed by atoms with van der Waals surface area (Å²) in [5, 5.41) is 4.90. The third-order valence-corrected chi connectivity index (χ3v) is 4.37. The van der Waals surface area contributed by atoms with Gasteiger partial charge < -0.3 is 0 Å². The number of fused-ring (bicyclic) bond motifs is 1. The predicted molar refractivity (Wildman–Crippen MR) is 69.9 cm³/mol. The molecule has 94 valence electrons. The van der Waals surface area contributed by atoms with Crippen molar-refractivity contribution in [2.45, 2.75) is 31.0 Å². The van der Waals surface area contributed by atoms with Crippen molar-refractivity contribution in [3.05, 3.63) is 41.7 Å². The molecule has 2 heterocycles. The van der Waals surface area contributed by atoms with Gasteiger partial charge in [0, 0.05) is 12.2 Å². The number of aryl methyl sites for hydroxylation is 1. The molecule has 0 fully saturated rings. The van der Waals surface area contributed by atoms with E-state index in [2.05, 4.69) is 22.2 Å². The molecule has 1 aromatic carbocycles. The summed E-state index contributed by atoms with van der Waals surface area (Å²) in [6.45, 7) is 1.89. The Morgan fingerprint density at radius 1 is 1.39 bits per heavy atom. The van der Waals surface area contributed by atoms with Gasteiger partial charge in [0.25, 0.3) is 0 Å². The van der Waals surface area contributed by atoms with E-state index in [1.54, 1.807) is 0 Å². The predicted octanol–water partition coefficient (Wildman–Crippen LogP) is 1.94. The summed E-state index contributed by atoms with van der Waals surface area (Å²) in [7, 11) is -1.06. The zero-order valence-electron chi connectivity index (χ0n) is 10.2. The van der Waals surface area contributed by atoms with Gasteiger partial charge in [-0.15, -0.1) is 5.10 Å². The zero-order chi connectivity index (χ0) is 12.5. The van der Waals surface area contributed by atoms with Crippen LogP contribution in [0.5, 0.6) is 0 Å². The van der Waals surface area contributed by atoms with Crippen LogP contribution in [0.1, 0.15) is 30.8 Å². The second kappa shape index (κ2) is 4.65.